The van der Waals surface area contributed by atoms with Gasteiger partial charge < -0.3 is 14.2 Å². The molecule has 0 aliphatic heterocycles. The van der Waals surface area contributed by atoms with Crippen molar-refractivity contribution in [1.29, 1.82) is 0 Å². The lowest BCUT2D eigenvalue weighted by Gasteiger charge is -2.22. The number of thiazole rings is 1. The maximum Gasteiger partial charge on any atom is 0.415 e. The fraction of sp³-hybridized carbons (Fsp3) is 0.200. The SMILES string of the molecule is COC(=O)N(COCc1ccc(OCc2nc3ccccc3s2)cc1)c1ccccc1C. The van der Waals surface area contributed by atoms with Gasteiger partial charge in [-0.15, -0.1) is 11.3 Å². The molecule has 0 fully saturated rings. The molecule has 0 bridgehead atoms. The van der Waals surface area contributed by atoms with Gasteiger partial charge in [-0.25, -0.2) is 9.78 Å². The highest BCUT2D eigenvalue weighted by Gasteiger charge is 2.18. The van der Waals surface area contributed by atoms with Crippen molar-refractivity contribution in [3.05, 3.63) is 88.9 Å². The number of benzene rings is 3. The number of ether oxygens (including phenoxy) is 3. The van der Waals surface area contributed by atoms with E-state index in [0.717, 1.165) is 37.8 Å². The molecule has 0 aliphatic rings. The zero-order valence-corrected chi connectivity index (χ0v) is 18.8. The largest absolute Gasteiger partial charge is 0.486 e. The fourth-order valence-electron chi connectivity index (χ4n) is 3.26. The van der Waals surface area contributed by atoms with Crippen LogP contribution in [-0.4, -0.2) is 24.9 Å². The van der Waals surface area contributed by atoms with Crippen LogP contribution in [0.3, 0.4) is 0 Å². The number of nitrogens with zero attached hydrogens (tertiary/aromatic N) is 2. The molecular weight excluding hydrogens is 424 g/mol. The van der Waals surface area contributed by atoms with Gasteiger partial charge in [0.2, 0.25) is 0 Å². The fourth-order valence-corrected chi connectivity index (χ4v) is 4.14. The third-order valence-electron chi connectivity index (χ3n) is 4.91. The molecule has 0 spiro atoms. The smallest absolute Gasteiger partial charge is 0.415 e. The zero-order valence-electron chi connectivity index (χ0n) is 18.0. The molecule has 0 atom stereocenters. The number of rotatable bonds is 8. The van der Waals surface area contributed by atoms with Crippen molar-refractivity contribution in [1.82, 2.24) is 4.98 Å². The van der Waals surface area contributed by atoms with Gasteiger partial charge in [0, 0.05) is 0 Å². The first-order chi connectivity index (χ1) is 15.6. The van der Waals surface area contributed by atoms with Gasteiger partial charge in [0.1, 0.15) is 24.1 Å². The molecule has 1 heterocycles. The van der Waals surface area contributed by atoms with Crippen molar-refractivity contribution in [3.63, 3.8) is 0 Å². The molecule has 0 N–H and O–H groups in total. The number of hydrogen-bond acceptors (Lipinski definition) is 6. The Morgan fingerprint density at radius 1 is 0.969 bits per heavy atom. The number of para-hydroxylation sites is 2. The Labute approximate surface area is 191 Å². The average molecular weight is 449 g/mol. The molecule has 4 rings (SSSR count). The summed E-state index contributed by atoms with van der Waals surface area (Å²) >= 11 is 1.64. The number of amides is 1. The number of carbonyl (C=O) groups excluding carboxylic acids is 1. The Morgan fingerprint density at radius 3 is 2.47 bits per heavy atom. The van der Waals surface area contributed by atoms with Crippen LogP contribution >= 0.6 is 11.3 Å². The number of anilines is 1. The molecule has 7 heteroatoms. The van der Waals surface area contributed by atoms with E-state index in [0.29, 0.717) is 13.2 Å². The van der Waals surface area contributed by atoms with Crippen LogP contribution in [0.1, 0.15) is 16.1 Å². The summed E-state index contributed by atoms with van der Waals surface area (Å²) in [4.78, 5) is 18.3. The van der Waals surface area contributed by atoms with Gasteiger partial charge in [-0.05, 0) is 48.4 Å². The highest BCUT2D eigenvalue weighted by molar-refractivity contribution is 7.18. The first-order valence-corrected chi connectivity index (χ1v) is 11.0. The molecule has 0 aliphatic carbocycles. The number of carbonyl (C=O) groups is 1. The Balaban J connectivity index is 1.31. The average Bonchev–Trinajstić information content (AvgIpc) is 3.25. The van der Waals surface area contributed by atoms with Crippen molar-refractivity contribution in [3.8, 4) is 5.75 Å². The van der Waals surface area contributed by atoms with Crippen LogP contribution in [0.2, 0.25) is 0 Å². The van der Waals surface area contributed by atoms with Gasteiger partial charge in [0.25, 0.3) is 0 Å². The predicted octanol–water partition coefficient (Wildman–Crippen LogP) is 5.93. The van der Waals surface area contributed by atoms with Crippen LogP contribution in [0.25, 0.3) is 10.2 Å². The normalized spacial score (nSPS) is 10.8. The lowest BCUT2D eigenvalue weighted by molar-refractivity contribution is 0.111. The van der Waals surface area contributed by atoms with Crippen molar-refractivity contribution in [2.45, 2.75) is 20.1 Å². The highest BCUT2D eigenvalue weighted by Crippen LogP contribution is 2.24. The number of aromatic nitrogens is 1. The summed E-state index contributed by atoms with van der Waals surface area (Å²) in [5, 5.41) is 0.942. The summed E-state index contributed by atoms with van der Waals surface area (Å²) < 4.78 is 17.7. The van der Waals surface area contributed by atoms with Gasteiger partial charge in [0.15, 0.2) is 0 Å². The second kappa shape index (κ2) is 10.3. The van der Waals surface area contributed by atoms with E-state index in [1.807, 2.05) is 73.7 Å². The number of hydrogen-bond donors (Lipinski definition) is 0. The zero-order chi connectivity index (χ0) is 22.3. The number of aryl methyl sites for hydroxylation is 1. The maximum atomic E-state index is 12.2. The minimum Gasteiger partial charge on any atom is -0.486 e. The summed E-state index contributed by atoms with van der Waals surface area (Å²) in [6, 6.07) is 23.4. The van der Waals surface area contributed by atoms with E-state index in [4.69, 9.17) is 14.2 Å². The number of methoxy groups -OCH3 is 1. The van der Waals surface area contributed by atoms with Gasteiger partial charge in [-0.1, -0.05) is 42.5 Å². The Morgan fingerprint density at radius 2 is 1.72 bits per heavy atom. The second-order valence-corrected chi connectivity index (χ2v) is 8.29. The van der Waals surface area contributed by atoms with Gasteiger partial charge in [-0.2, -0.15) is 0 Å². The summed E-state index contributed by atoms with van der Waals surface area (Å²) in [5.41, 5.74) is 3.70. The standard InChI is InChI=1S/C25H24N2O4S/c1-18-7-3-5-9-22(18)27(25(28)29-2)17-30-15-19-11-13-20(14-12-19)31-16-24-26-21-8-4-6-10-23(21)32-24/h3-14H,15-17H2,1-2H3. The molecule has 32 heavy (non-hydrogen) atoms. The van der Waals surface area contributed by atoms with E-state index in [2.05, 4.69) is 11.1 Å². The van der Waals surface area contributed by atoms with Crippen LogP contribution < -0.4 is 9.64 Å². The van der Waals surface area contributed by atoms with Crippen LogP contribution in [0, 0.1) is 6.92 Å². The van der Waals surface area contributed by atoms with Crippen molar-refractivity contribution in [2.24, 2.45) is 0 Å². The van der Waals surface area contributed by atoms with E-state index >= 15 is 0 Å². The summed E-state index contributed by atoms with van der Waals surface area (Å²) in [5.74, 6) is 0.768. The highest BCUT2D eigenvalue weighted by atomic mass is 32.1. The molecule has 1 aromatic heterocycles. The number of fused-ring (bicyclic) bond motifs is 1. The lowest BCUT2D eigenvalue weighted by atomic mass is 10.2. The summed E-state index contributed by atoms with van der Waals surface area (Å²) in [6.07, 6.45) is -0.460. The molecular formula is C25H24N2O4S. The van der Waals surface area contributed by atoms with E-state index in [9.17, 15) is 4.79 Å². The van der Waals surface area contributed by atoms with E-state index in [-0.39, 0.29) is 6.73 Å². The topological polar surface area (TPSA) is 60.9 Å². The van der Waals surface area contributed by atoms with Crippen LogP contribution in [0.15, 0.2) is 72.8 Å². The second-order valence-electron chi connectivity index (χ2n) is 7.17. The molecule has 0 radical (unpaired) electrons. The van der Waals surface area contributed by atoms with Crippen molar-refractivity contribution in [2.75, 3.05) is 18.7 Å². The lowest BCUT2D eigenvalue weighted by Crippen LogP contribution is -2.33. The molecule has 6 nitrogen and oxygen atoms in total. The minimum absolute atomic E-state index is 0.0907. The molecule has 0 saturated carbocycles. The Bertz CT molecular complexity index is 1160. The molecule has 0 saturated heterocycles. The third kappa shape index (κ3) is 5.25. The van der Waals surface area contributed by atoms with E-state index in [1.54, 1.807) is 11.3 Å². The van der Waals surface area contributed by atoms with Crippen LogP contribution in [0.5, 0.6) is 5.75 Å². The van der Waals surface area contributed by atoms with Gasteiger partial charge in [0.05, 0.1) is 29.6 Å². The molecule has 1 amide bonds. The van der Waals surface area contributed by atoms with Gasteiger partial charge in [-0.3, -0.25) is 4.90 Å². The molecule has 3 aromatic carbocycles. The maximum absolute atomic E-state index is 12.2. The first-order valence-electron chi connectivity index (χ1n) is 10.2. The van der Waals surface area contributed by atoms with Crippen molar-refractivity contribution >= 4 is 33.3 Å². The minimum atomic E-state index is -0.460. The van der Waals surface area contributed by atoms with Crippen molar-refractivity contribution < 1.29 is 19.0 Å². The molecule has 0 unspecified atom stereocenters. The van der Waals surface area contributed by atoms with Gasteiger partial charge >= 0.3 is 6.09 Å². The van der Waals surface area contributed by atoms with Crippen LogP contribution in [-0.2, 0) is 22.7 Å². The Hall–Kier alpha value is -3.42. The van der Waals surface area contributed by atoms with E-state index in [1.165, 1.54) is 12.0 Å². The Kier molecular flexibility index (Phi) is 6.99. The van der Waals surface area contributed by atoms with Crippen LogP contribution in [0.4, 0.5) is 10.5 Å². The monoisotopic (exact) mass is 448 g/mol. The first kappa shape index (κ1) is 21.8. The van der Waals surface area contributed by atoms with E-state index < -0.39 is 6.09 Å². The summed E-state index contributed by atoms with van der Waals surface area (Å²) in [6.45, 7) is 2.82. The molecule has 4 aromatic rings. The quantitative estimate of drug-likeness (QED) is 0.313. The third-order valence-corrected chi connectivity index (χ3v) is 5.92. The predicted molar refractivity (Wildman–Crippen MR) is 126 cm³/mol. The summed E-state index contributed by atoms with van der Waals surface area (Å²) in [7, 11) is 1.36. The molecule has 164 valence electrons.